The van der Waals surface area contributed by atoms with E-state index in [0.29, 0.717) is 5.82 Å². The van der Waals surface area contributed by atoms with Crippen LogP contribution in [0.4, 0.5) is 5.82 Å². The first-order valence-corrected chi connectivity index (χ1v) is 5.71. The number of carbonyl (C=O) groups excluding carboxylic acids is 1. The van der Waals surface area contributed by atoms with E-state index < -0.39 is 11.9 Å². The molecule has 0 aliphatic carbocycles. The number of amides is 1. The molecule has 0 atom stereocenters. The summed E-state index contributed by atoms with van der Waals surface area (Å²) in [6, 6.07) is 5.46. The maximum Gasteiger partial charge on any atom is 0.328 e. The topological polar surface area (TPSA) is 95.1 Å². The minimum atomic E-state index is -1.18. The fourth-order valence-electron chi connectivity index (χ4n) is 1.39. The molecular formula is C11H8BrN3O3. The molecule has 0 saturated heterocycles. The van der Waals surface area contributed by atoms with Gasteiger partial charge < -0.3 is 10.4 Å². The van der Waals surface area contributed by atoms with Gasteiger partial charge in [-0.2, -0.15) is 5.10 Å². The van der Waals surface area contributed by atoms with Gasteiger partial charge in [-0.3, -0.25) is 9.89 Å². The largest absolute Gasteiger partial charge is 0.478 e. The summed E-state index contributed by atoms with van der Waals surface area (Å²) in [5.74, 6) is -1.38. The van der Waals surface area contributed by atoms with E-state index in [4.69, 9.17) is 5.11 Å². The molecule has 18 heavy (non-hydrogen) atoms. The first-order chi connectivity index (χ1) is 8.56. The zero-order valence-corrected chi connectivity index (χ0v) is 10.6. The van der Waals surface area contributed by atoms with Crippen molar-refractivity contribution >= 4 is 44.5 Å². The summed E-state index contributed by atoms with van der Waals surface area (Å²) in [4.78, 5) is 21.7. The molecule has 1 aromatic carbocycles. The zero-order valence-electron chi connectivity index (χ0n) is 8.98. The summed E-state index contributed by atoms with van der Waals surface area (Å²) in [7, 11) is 0. The number of benzene rings is 1. The molecule has 0 radical (unpaired) electrons. The van der Waals surface area contributed by atoms with E-state index in [0.717, 1.165) is 27.5 Å². The maximum absolute atomic E-state index is 11.4. The van der Waals surface area contributed by atoms with Gasteiger partial charge in [-0.1, -0.05) is 15.9 Å². The van der Waals surface area contributed by atoms with Crippen LogP contribution in [0.15, 0.2) is 34.8 Å². The molecule has 3 N–H and O–H groups in total. The molecule has 0 spiro atoms. The van der Waals surface area contributed by atoms with E-state index in [1.165, 1.54) is 0 Å². The van der Waals surface area contributed by atoms with Crippen LogP contribution in [0.3, 0.4) is 0 Å². The van der Waals surface area contributed by atoms with E-state index in [1.54, 1.807) is 6.07 Å². The van der Waals surface area contributed by atoms with Crippen LogP contribution >= 0.6 is 15.9 Å². The van der Waals surface area contributed by atoms with Crippen LogP contribution in [-0.4, -0.2) is 27.2 Å². The van der Waals surface area contributed by atoms with Crippen molar-refractivity contribution in [2.45, 2.75) is 0 Å². The number of aromatic nitrogens is 2. The maximum atomic E-state index is 11.4. The normalized spacial score (nSPS) is 10.9. The van der Waals surface area contributed by atoms with Crippen molar-refractivity contribution in [3.63, 3.8) is 0 Å². The number of carboxylic acid groups (broad SMARTS) is 1. The van der Waals surface area contributed by atoms with Gasteiger partial charge in [0.2, 0.25) is 5.91 Å². The average molecular weight is 310 g/mol. The molecule has 0 saturated carbocycles. The molecule has 0 bridgehead atoms. The number of fused-ring (bicyclic) bond motifs is 1. The van der Waals surface area contributed by atoms with Crippen LogP contribution in [0.25, 0.3) is 10.9 Å². The van der Waals surface area contributed by atoms with Gasteiger partial charge in [-0.15, -0.1) is 0 Å². The third-order valence-corrected chi connectivity index (χ3v) is 2.64. The average Bonchev–Trinajstić information content (AvgIpc) is 2.69. The molecule has 2 rings (SSSR count). The van der Waals surface area contributed by atoms with Crippen molar-refractivity contribution in [3.05, 3.63) is 34.8 Å². The minimum absolute atomic E-state index is 0.353. The van der Waals surface area contributed by atoms with Crippen LogP contribution in [0.2, 0.25) is 0 Å². The van der Waals surface area contributed by atoms with Gasteiger partial charge in [0.15, 0.2) is 5.82 Å². The number of nitrogens with zero attached hydrogens (tertiary/aromatic N) is 1. The van der Waals surface area contributed by atoms with Crippen LogP contribution in [0, 0.1) is 0 Å². The molecule has 1 heterocycles. The third-order valence-electron chi connectivity index (χ3n) is 2.14. The summed E-state index contributed by atoms with van der Waals surface area (Å²) in [6.07, 6.45) is 1.70. The lowest BCUT2D eigenvalue weighted by molar-refractivity contribution is -0.131. The number of carbonyl (C=O) groups is 2. The molecule has 1 amide bonds. The summed E-state index contributed by atoms with van der Waals surface area (Å²) < 4.78 is 0.855. The SMILES string of the molecule is O=C(O)/C=C/C(=O)Nc1n[nH]c2ccc(Br)cc12. The minimum Gasteiger partial charge on any atom is -0.478 e. The molecule has 0 fully saturated rings. The second kappa shape index (κ2) is 5.01. The van der Waals surface area contributed by atoms with Gasteiger partial charge in [-0.25, -0.2) is 4.79 Å². The monoisotopic (exact) mass is 309 g/mol. The van der Waals surface area contributed by atoms with Crippen LogP contribution in [-0.2, 0) is 9.59 Å². The Labute approximate surface area is 110 Å². The molecule has 1 aromatic heterocycles. The predicted molar refractivity (Wildman–Crippen MR) is 69.2 cm³/mol. The number of anilines is 1. The quantitative estimate of drug-likeness (QED) is 0.755. The Morgan fingerprint density at radius 1 is 1.39 bits per heavy atom. The van der Waals surface area contributed by atoms with E-state index in [9.17, 15) is 9.59 Å². The summed E-state index contributed by atoms with van der Waals surface area (Å²) in [5, 5.41) is 18.3. The van der Waals surface area contributed by atoms with E-state index >= 15 is 0 Å². The lowest BCUT2D eigenvalue weighted by atomic mass is 10.2. The smallest absolute Gasteiger partial charge is 0.328 e. The number of carboxylic acids is 1. The summed E-state index contributed by atoms with van der Waals surface area (Å²) in [6.45, 7) is 0. The highest BCUT2D eigenvalue weighted by atomic mass is 79.9. The van der Waals surface area contributed by atoms with Crippen LogP contribution in [0.5, 0.6) is 0 Å². The Hall–Kier alpha value is -2.15. The van der Waals surface area contributed by atoms with Crippen molar-refractivity contribution in [1.82, 2.24) is 10.2 Å². The standard InChI is InChI=1S/C11H8BrN3O3/c12-6-1-2-8-7(5-6)11(15-14-8)13-9(16)3-4-10(17)18/h1-5H,(H,17,18)(H2,13,14,15,16)/b4-3+. The third kappa shape index (κ3) is 2.75. The highest BCUT2D eigenvalue weighted by Gasteiger charge is 2.08. The molecule has 0 aliphatic heterocycles. The first-order valence-electron chi connectivity index (χ1n) is 4.92. The Bertz CT molecular complexity index is 648. The van der Waals surface area contributed by atoms with E-state index in [1.807, 2.05) is 12.1 Å². The number of nitrogens with one attached hydrogen (secondary N) is 2. The number of hydrogen-bond donors (Lipinski definition) is 3. The second-order valence-corrected chi connectivity index (χ2v) is 4.34. The molecule has 2 aromatic rings. The molecule has 0 unspecified atom stereocenters. The number of H-pyrrole nitrogens is 1. The van der Waals surface area contributed by atoms with Crippen molar-refractivity contribution in [2.75, 3.05) is 5.32 Å². The van der Waals surface area contributed by atoms with Gasteiger partial charge in [0.25, 0.3) is 0 Å². The van der Waals surface area contributed by atoms with Crippen molar-refractivity contribution in [3.8, 4) is 0 Å². The van der Waals surface area contributed by atoms with Crippen molar-refractivity contribution in [1.29, 1.82) is 0 Å². The zero-order chi connectivity index (χ0) is 13.1. The number of halogens is 1. The van der Waals surface area contributed by atoms with Crippen LogP contribution < -0.4 is 5.32 Å². The second-order valence-electron chi connectivity index (χ2n) is 3.42. The first kappa shape index (κ1) is 12.3. The van der Waals surface area contributed by atoms with E-state index in [2.05, 4.69) is 31.4 Å². The number of aliphatic carboxylic acids is 1. The van der Waals surface area contributed by atoms with Gasteiger partial charge in [0.05, 0.1) is 5.52 Å². The number of rotatable bonds is 3. The predicted octanol–water partition coefficient (Wildman–Crippen LogP) is 1.90. The van der Waals surface area contributed by atoms with Gasteiger partial charge in [0, 0.05) is 22.0 Å². The summed E-state index contributed by atoms with van der Waals surface area (Å²) in [5.41, 5.74) is 0.774. The van der Waals surface area contributed by atoms with Crippen LogP contribution in [0.1, 0.15) is 0 Å². The highest BCUT2D eigenvalue weighted by Crippen LogP contribution is 2.24. The highest BCUT2D eigenvalue weighted by molar-refractivity contribution is 9.10. The molecule has 7 heteroatoms. The Kier molecular flexibility index (Phi) is 3.42. The molecule has 0 aliphatic rings. The lowest BCUT2D eigenvalue weighted by Gasteiger charge is -1.98. The van der Waals surface area contributed by atoms with Gasteiger partial charge >= 0.3 is 5.97 Å². The molecule has 92 valence electrons. The fraction of sp³-hybridized carbons (Fsp3) is 0. The van der Waals surface area contributed by atoms with Gasteiger partial charge in [0.1, 0.15) is 0 Å². The Balaban J connectivity index is 2.24. The molecular weight excluding hydrogens is 302 g/mol. The van der Waals surface area contributed by atoms with Crippen molar-refractivity contribution < 1.29 is 14.7 Å². The fourth-order valence-corrected chi connectivity index (χ4v) is 1.75. The van der Waals surface area contributed by atoms with E-state index in [-0.39, 0.29) is 0 Å². The molecule has 6 nitrogen and oxygen atoms in total. The van der Waals surface area contributed by atoms with Gasteiger partial charge in [-0.05, 0) is 18.2 Å². The number of aromatic amines is 1. The number of hydrogen-bond acceptors (Lipinski definition) is 3. The Morgan fingerprint density at radius 3 is 2.89 bits per heavy atom. The van der Waals surface area contributed by atoms with Crippen molar-refractivity contribution in [2.24, 2.45) is 0 Å². The summed E-state index contributed by atoms with van der Waals surface area (Å²) >= 11 is 3.32. The Morgan fingerprint density at radius 2 is 2.17 bits per heavy atom. The lowest BCUT2D eigenvalue weighted by Crippen LogP contribution is -2.09.